The van der Waals surface area contributed by atoms with Gasteiger partial charge in [0, 0.05) is 18.3 Å². The predicted octanol–water partition coefficient (Wildman–Crippen LogP) is 1.91. The van der Waals surface area contributed by atoms with Crippen molar-refractivity contribution in [2.24, 2.45) is 4.99 Å². The van der Waals surface area contributed by atoms with Crippen LogP contribution in [0.5, 0.6) is 5.75 Å². The second kappa shape index (κ2) is 5.94. The summed E-state index contributed by atoms with van der Waals surface area (Å²) in [5.74, 6) is -0.335. The number of non-ortho nitro benzene ring substituents is 1. The van der Waals surface area contributed by atoms with E-state index in [-0.39, 0.29) is 23.6 Å². The normalized spacial score (nSPS) is 10.8. The number of benzene rings is 2. The molecule has 0 amide bonds. The minimum atomic E-state index is -0.566. The number of aliphatic imine (C=N–C) groups is 1. The van der Waals surface area contributed by atoms with Gasteiger partial charge in [-0.1, -0.05) is 23.9 Å². The van der Waals surface area contributed by atoms with E-state index in [0.29, 0.717) is 11.3 Å². The topological polar surface area (TPSA) is 98.8 Å². The van der Waals surface area contributed by atoms with Crippen molar-refractivity contribution in [1.29, 1.82) is 0 Å². The fourth-order valence-corrected chi connectivity index (χ4v) is 1.63. The summed E-state index contributed by atoms with van der Waals surface area (Å²) in [4.78, 5) is 14.2. The standard InChI is InChI=1S/C14H12N2O4/c17-9-10-2-1-3-12(6-10)15-8-11-7-13(16(19)20)4-5-14(11)18/h1-8,17-18H,9H2/p-1. The molecule has 0 aromatic heterocycles. The summed E-state index contributed by atoms with van der Waals surface area (Å²) in [6, 6.07) is 10.3. The van der Waals surface area contributed by atoms with Crippen LogP contribution in [0.1, 0.15) is 11.1 Å². The third-order valence-corrected chi connectivity index (χ3v) is 2.65. The summed E-state index contributed by atoms with van der Waals surface area (Å²) in [6.07, 6.45) is 1.28. The van der Waals surface area contributed by atoms with E-state index in [2.05, 4.69) is 4.99 Å². The van der Waals surface area contributed by atoms with Crippen molar-refractivity contribution in [3.05, 3.63) is 63.7 Å². The quantitative estimate of drug-likeness (QED) is 0.521. The van der Waals surface area contributed by atoms with Crippen molar-refractivity contribution in [1.82, 2.24) is 0 Å². The van der Waals surface area contributed by atoms with Crippen LogP contribution in [0.25, 0.3) is 0 Å². The number of aliphatic hydroxyl groups excluding tert-OH is 1. The second-order valence-corrected chi connectivity index (χ2v) is 4.07. The molecule has 102 valence electrons. The minimum Gasteiger partial charge on any atom is -0.872 e. The minimum absolute atomic E-state index is 0.104. The van der Waals surface area contributed by atoms with Gasteiger partial charge >= 0.3 is 0 Å². The predicted molar refractivity (Wildman–Crippen MR) is 72.2 cm³/mol. The maximum Gasteiger partial charge on any atom is 0.270 e. The van der Waals surface area contributed by atoms with Gasteiger partial charge in [-0.25, -0.2) is 0 Å². The van der Waals surface area contributed by atoms with Crippen LogP contribution in [0, 0.1) is 10.1 Å². The van der Waals surface area contributed by atoms with Crippen LogP contribution in [0.2, 0.25) is 0 Å². The molecule has 0 spiro atoms. The fourth-order valence-electron chi connectivity index (χ4n) is 1.63. The van der Waals surface area contributed by atoms with Gasteiger partial charge in [-0.15, -0.1) is 0 Å². The molecule has 0 aliphatic heterocycles. The lowest BCUT2D eigenvalue weighted by Crippen LogP contribution is -1.98. The molecule has 1 N–H and O–H groups in total. The zero-order valence-electron chi connectivity index (χ0n) is 10.4. The molecule has 0 heterocycles. The highest BCUT2D eigenvalue weighted by Gasteiger charge is 2.05. The molecule has 0 bridgehead atoms. The molecule has 2 aromatic rings. The van der Waals surface area contributed by atoms with Gasteiger partial charge < -0.3 is 10.2 Å². The molecule has 20 heavy (non-hydrogen) atoms. The number of hydrogen-bond donors (Lipinski definition) is 1. The zero-order chi connectivity index (χ0) is 14.5. The lowest BCUT2D eigenvalue weighted by molar-refractivity contribution is -0.385. The Kier molecular flexibility index (Phi) is 4.07. The molecule has 0 aliphatic rings. The highest BCUT2D eigenvalue weighted by molar-refractivity contribution is 5.86. The zero-order valence-corrected chi connectivity index (χ0v) is 10.4. The van der Waals surface area contributed by atoms with E-state index in [4.69, 9.17) is 5.11 Å². The van der Waals surface area contributed by atoms with Crippen LogP contribution < -0.4 is 5.11 Å². The average Bonchev–Trinajstić information content (AvgIpc) is 2.46. The molecule has 2 aromatic carbocycles. The molecular weight excluding hydrogens is 260 g/mol. The Hall–Kier alpha value is -2.73. The smallest absolute Gasteiger partial charge is 0.270 e. The van der Waals surface area contributed by atoms with Crippen LogP contribution in [-0.2, 0) is 6.61 Å². The van der Waals surface area contributed by atoms with Crippen molar-refractivity contribution in [3.63, 3.8) is 0 Å². The van der Waals surface area contributed by atoms with Crippen LogP contribution >= 0.6 is 0 Å². The monoisotopic (exact) mass is 271 g/mol. The lowest BCUT2D eigenvalue weighted by atomic mass is 10.2. The molecule has 0 aliphatic carbocycles. The van der Waals surface area contributed by atoms with Gasteiger partial charge in [0.05, 0.1) is 17.2 Å². The van der Waals surface area contributed by atoms with Gasteiger partial charge in [0.25, 0.3) is 5.69 Å². The largest absolute Gasteiger partial charge is 0.872 e. The Morgan fingerprint density at radius 1 is 1.25 bits per heavy atom. The van der Waals surface area contributed by atoms with E-state index in [1.807, 2.05) is 0 Å². The molecule has 0 saturated carbocycles. The molecular formula is C14H11N2O4-. The third kappa shape index (κ3) is 3.18. The van der Waals surface area contributed by atoms with E-state index in [0.717, 1.165) is 12.1 Å². The van der Waals surface area contributed by atoms with Gasteiger partial charge in [-0.05, 0) is 23.3 Å². The molecule has 6 heteroatoms. The number of nitro benzene ring substituents is 1. The summed E-state index contributed by atoms with van der Waals surface area (Å²) in [6.45, 7) is -0.104. The first-order chi connectivity index (χ1) is 9.60. The first-order valence-corrected chi connectivity index (χ1v) is 5.79. The number of aliphatic hydroxyl groups is 1. The van der Waals surface area contributed by atoms with Gasteiger partial charge in [0.2, 0.25) is 0 Å². The van der Waals surface area contributed by atoms with Crippen LogP contribution in [0.15, 0.2) is 47.5 Å². The Morgan fingerprint density at radius 3 is 2.75 bits per heavy atom. The Labute approximate surface area is 114 Å². The van der Waals surface area contributed by atoms with E-state index in [9.17, 15) is 15.2 Å². The maximum absolute atomic E-state index is 11.6. The molecule has 0 saturated heterocycles. The summed E-state index contributed by atoms with van der Waals surface area (Å²) in [7, 11) is 0. The third-order valence-electron chi connectivity index (χ3n) is 2.65. The highest BCUT2D eigenvalue weighted by atomic mass is 16.6. The van der Waals surface area contributed by atoms with E-state index >= 15 is 0 Å². The molecule has 0 fully saturated rings. The Morgan fingerprint density at radius 2 is 2.05 bits per heavy atom. The van der Waals surface area contributed by atoms with Crippen LogP contribution in [0.3, 0.4) is 0 Å². The summed E-state index contributed by atoms with van der Waals surface area (Å²) in [5.41, 5.74) is 1.24. The van der Waals surface area contributed by atoms with Gasteiger partial charge in [0.1, 0.15) is 0 Å². The van der Waals surface area contributed by atoms with Crippen molar-refractivity contribution in [3.8, 4) is 5.75 Å². The summed E-state index contributed by atoms with van der Waals surface area (Å²) >= 11 is 0. The molecule has 0 radical (unpaired) electrons. The number of nitro groups is 1. The van der Waals surface area contributed by atoms with Crippen molar-refractivity contribution < 1.29 is 15.1 Å². The lowest BCUT2D eigenvalue weighted by Gasteiger charge is -2.08. The van der Waals surface area contributed by atoms with Crippen molar-refractivity contribution in [2.45, 2.75) is 6.61 Å². The Balaban J connectivity index is 2.30. The SMILES string of the molecule is O=[N+]([O-])c1ccc([O-])c(C=Nc2cccc(CO)c2)c1. The number of rotatable bonds is 4. The van der Waals surface area contributed by atoms with E-state index in [1.165, 1.54) is 12.3 Å². The highest BCUT2D eigenvalue weighted by Crippen LogP contribution is 2.20. The summed E-state index contributed by atoms with van der Waals surface area (Å²) in [5, 5.41) is 31.3. The number of hydrogen-bond acceptors (Lipinski definition) is 5. The van der Waals surface area contributed by atoms with E-state index in [1.54, 1.807) is 24.3 Å². The fraction of sp³-hybridized carbons (Fsp3) is 0.0714. The summed E-state index contributed by atoms with van der Waals surface area (Å²) < 4.78 is 0. The van der Waals surface area contributed by atoms with Crippen LogP contribution in [-0.4, -0.2) is 16.2 Å². The molecule has 6 nitrogen and oxygen atoms in total. The van der Waals surface area contributed by atoms with Crippen molar-refractivity contribution in [2.75, 3.05) is 0 Å². The van der Waals surface area contributed by atoms with Crippen molar-refractivity contribution >= 4 is 17.6 Å². The van der Waals surface area contributed by atoms with Gasteiger partial charge in [-0.3, -0.25) is 15.1 Å². The van der Waals surface area contributed by atoms with Crippen LogP contribution in [0.4, 0.5) is 11.4 Å². The maximum atomic E-state index is 11.6. The Bertz CT molecular complexity index is 668. The van der Waals surface area contributed by atoms with Gasteiger partial charge in [-0.2, -0.15) is 0 Å². The molecule has 0 unspecified atom stereocenters. The first kappa shape index (κ1) is 13.7. The van der Waals surface area contributed by atoms with Gasteiger partial charge in [0.15, 0.2) is 0 Å². The molecule has 0 atom stereocenters. The first-order valence-electron chi connectivity index (χ1n) is 5.79. The van der Waals surface area contributed by atoms with E-state index < -0.39 is 4.92 Å². The average molecular weight is 271 g/mol. The second-order valence-electron chi connectivity index (χ2n) is 4.07. The number of nitrogens with zero attached hydrogens (tertiary/aromatic N) is 2. The molecule has 2 rings (SSSR count).